The van der Waals surface area contributed by atoms with E-state index >= 15 is 0 Å². The predicted octanol–water partition coefficient (Wildman–Crippen LogP) is -0.445. The zero-order valence-electron chi connectivity index (χ0n) is 7.23. The van der Waals surface area contributed by atoms with Crippen LogP contribution in [0.1, 0.15) is 19.3 Å². The van der Waals surface area contributed by atoms with Gasteiger partial charge in [0, 0.05) is 6.54 Å². The van der Waals surface area contributed by atoms with Crippen LogP contribution in [-0.4, -0.2) is 30.1 Å². The minimum atomic E-state index is -0.598. The van der Waals surface area contributed by atoms with Gasteiger partial charge in [-0.1, -0.05) is 0 Å². The Morgan fingerprint density at radius 2 is 2.38 bits per heavy atom. The molecule has 1 unspecified atom stereocenters. The van der Waals surface area contributed by atoms with Crippen LogP contribution in [0.15, 0.2) is 0 Å². The molecule has 6 heteroatoms. The first-order valence-electron chi connectivity index (χ1n) is 4.16. The van der Waals surface area contributed by atoms with E-state index in [0.29, 0.717) is 13.0 Å². The van der Waals surface area contributed by atoms with Crippen LogP contribution in [0.3, 0.4) is 0 Å². The first-order chi connectivity index (χ1) is 6.29. The third-order valence-electron chi connectivity index (χ3n) is 2.10. The van der Waals surface area contributed by atoms with Gasteiger partial charge in [-0.2, -0.15) is 5.90 Å². The maximum absolute atomic E-state index is 11.1. The Morgan fingerprint density at radius 1 is 1.62 bits per heavy atom. The fraction of sp³-hybridized carbons (Fsp3) is 0.714. The van der Waals surface area contributed by atoms with Crippen molar-refractivity contribution in [2.24, 2.45) is 5.90 Å². The Balaban J connectivity index is 2.55. The molecule has 0 aromatic rings. The van der Waals surface area contributed by atoms with Crippen molar-refractivity contribution in [3.8, 4) is 0 Å². The van der Waals surface area contributed by atoms with Crippen molar-refractivity contribution in [3.05, 3.63) is 0 Å². The zero-order valence-corrected chi connectivity index (χ0v) is 7.23. The van der Waals surface area contributed by atoms with Crippen molar-refractivity contribution in [2.75, 3.05) is 6.54 Å². The second kappa shape index (κ2) is 4.66. The molecular weight excluding hydrogens is 174 g/mol. The normalized spacial score (nSPS) is 22.2. The largest absolute Gasteiger partial charge is 0.430 e. The van der Waals surface area contributed by atoms with Gasteiger partial charge >= 0.3 is 6.09 Å². The summed E-state index contributed by atoms with van der Waals surface area (Å²) < 4.78 is 0. The Bertz CT molecular complexity index is 197. The van der Waals surface area contributed by atoms with E-state index in [9.17, 15) is 9.59 Å². The number of carbonyl (C=O) groups is 2. The fourth-order valence-corrected chi connectivity index (χ4v) is 1.47. The molecular formula is C7H13N3O3. The fourth-order valence-electron chi connectivity index (χ4n) is 1.47. The summed E-state index contributed by atoms with van der Waals surface area (Å²) in [5.74, 6) is 4.75. The number of amides is 2. The molecule has 3 N–H and O–H groups in total. The lowest BCUT2D eigenvalue weighted by Gasteiger charge is -2.33. The summed E-state index contributed by atoms with van der Waals surface area (Å²) in [4.78, 5) is 26.8. The van der Waals surface area contributed by atoms with Crippen LogP contribution in [0.2, 0.25) is 0 Å². The molecule has 1 heterocycles. The molecule has 1 aliphatic heterocycles. The van der Waals surface area contributed by atoms with Crippen LogP contribution in [0.25, 0.3) is 0 Å². The highest BCUT2D eigenvalue weighted by Gasteiger charge is 2.26. The molecule has 6 nitrogen and oxygen atoms in total. The molecule has 0 aliphatic carbocycles. The summed E-state index contributed by atoms with van der Waals surface area (Å²) in [5, 5.41) is 2.54. The second-order valence-corrected chi connectivity index (χ2v) is 2.87. The first kappa shape index (κ1) is 9.79. The number of hydrogen-bond acceptors (Lipinski definition) is 4. The highest BCUT2D eigenvalue weighted by atomic mass is 16.7. The molecule has 0 aromatic heterocycles. The third kappa shape index (κ3) is 2.32. The number of carbonyl (C=O) groups excluding carboxylic acids is 2. The highest BCUT2D eigenvalue weighted by Crippen LogP contribution is 2.14. The number of likely N-dealkylation sites (tertiary alicyclic amines) is 1. The van der Waals surface area contributed by atoms with Crippen molar-refractivity contribution in [1.29, 1.82) is 0 Å². The van der Waals surface area contributed by atoms with E-state index in [1.54, 1.807) is 0 Å². The Labute approximate surface area is 76.0 Å². The van der Waals surface area contributed by atoms with E-state index in [4.69, 9.17) is 5.90 Å². The molecule has 13 heavy (non-hydrogen) atoms. The number of hydrogen-bond donors (Lipinski definition) is 2. The van der Waals surface area contributed by atoms with E-state index in [2.05, 4.69) is 10.2 Å². The van der Waals surface area contributed by atoms with Crippen molar-refractivity contribution in [2.45, 2.75) is 25.4 Å². The highest BCUT2D eigenvalue weighted by molar-refractivity contribution is 5.68. The monoisotopic (exact) mass is 187 g/mol. The maximum atomic E-state index is 11.1. The van der Waals surface area contributed by atoms with E-state index in [1.807, 2.05) is 0 Å². The van der Waals surface area contributed by atoms with Crippen LogP contribution in [-0.2, 0) is 9.63 Å². The molecule has 0 spiro atoms. The third-order valence-corrected chi connectivity index (χ3v) is 2.10. The molecule has 1 rings (SSSR count). The summed E-state index contributed by atoms with van der Waals surface area (Å²) in [6.45, 7) is 0.571. The van der Waals surface area contributed by atoms with E-state index < -0.39 is 6.09 Å². The van der Waals surface area contributed by atoms with Crippen LogP contribution < -0.4 is 11.2 Å². The topological polar surface area (TPSA) is 84.7 Å². The molecule has 0 aromatic carbocycles. The standard InChI is InChI=1S/C7H13N3O3/c8-13-7(12)10-4-2-1-3-6(10)9-5-11/h5-6H,1-4,8H2,(H,9,11). The summed E-state index contributed by atoms with van der Waals surface area (Å²) in [6, 6.07) is 0. The minimum Gasteiger partial charge on any atom is -0.357 e. The number of nitrogens with zero attached hydrogens (tertiary/aromatic N) is 1. The van der Waals surface area contributed by atoms with Gasteiger partial charge in [0.15, 0.2) is 0 Å². The van der Waals surface area contributed by atoms with Gasteiger partial charge in [-0.3, -0.25) is 9.69 Å². The number of nitrogens with two attached hydrogens (primary N) is 1. The molecule has 0 bridgehead atoms. The van der Waals surface area contributed by atoms with Crippen LogP contribution >= 0.6 is 0 Å². The van der Waals surface area contributed by atoms with Gasteiger partial charge in [0.05, 0.1) is 0 Å². The molecule has 1 fully saturated rings. The molecule has 0 saturated carbocycles. The molecule has 74 valence electrons. The lowest BCUT2D eigenvalue weighted by molar-refractivity contribution is -0.111. The Kier molecular flexibility index (Phi) is 3.51. The molecule has 1 saturated heterocycles. The van der Waals surface area contributed by atoms with Gasteiger partial charge in [0.2, 0.25) is 6.41 Å². The van der Waals surface area contributed by atoms with Crippen LogP contribution in [0.4, 0.5) is 4.79 Å². The number of nitrogens with one attached hydrogen (secondary N) is 1. The first-order valence-corrected chi connectivity index (χ1v) is 4.16. The van der Waals surface area contributed by atoms with E-state index in [0.717, 1.165) is 19.3 Å². The second-order valence-electron chi connectivity index (χ2n) is 2.87. The van der Waals surface area contributed by atoms with Crippen LogP contribution in [0.5, 0.6) is 0 Å². The number of piperidine rings is 1. The Morgan fingerprint density at radius 3 is 3.00 bits per heavy atom. The quantitative estimate of drug-likeness (QED) is 0.453. The molecule has 1 atom stereocenters. The lowest BCUT2D eigenvalue weighted by atomic mass is 10.1. The Hall–Kier alpha value is -1.30. The van der Waals surface area contributed by atoms with Crippen LogP contribution in [0, 0.1) is 0 Å². The summed E-state index contributed by atoms with van der Waals surface area (Å²) in [6.07, 6.45) is 2.34. The summed E-state index contributed by atoms with van der Waals surface area (Å²) in [7, 11) is 0. The van der Waals surface area contributed by atoms with Gasteiger partial charge in [-0.25, -0.2) is 4.79 Å². The lowest BCUT2D eigenvalue weighted by Crippen LogP contribution is -2.51. The maximum Gasteiger partial charge on any atom is 0.430 e. The van der Waals surface area contributed by atoms with Crippen molar-refractivity contribution < 1.29 is 14.4 Å². The minimum absolute atomic E-state index is 0.276. The van der Waals surface area contributed by atoms with Crippen molar-refractivity contribution in [1.82, 2.24) is 10.2 Å². The van der Waals surface area contributed by atoms with E-state index in [-0.39, 0.29) is 6.17 Å². The summed E-state index contributed by atoms with van der Waals surface area (Å²) in [5.41, 5.74) is 0. The van der Waals surface area contributed by atoms with Crippen molar-refractivity contribution in [3.63, 3.8) is 0 Å². The smallest absolute Gasteiger partial charge is 0.357 e. The van der Waals surface area contributed by atoms with Crippen molar-refractivity contribution >= 4 is 12.5 Å². The van der Waals surface area contributed by atoms with Gasteiger partial charge < -0.3 is 10.2 Å². The van der Waals surface area contributed by atoms with E-state index in [1.165, 1.54) is 4.90 Å². The molecule has 1 aliphatic rings. The van der Waals surface area contributed by atoms with Gasteiger partial charge in [-0.15, -0.1) is 0 Å². The predicted molar refractivity (Wildman–Crippen MR) is 44.2 cm³/mol. The average Bonchev–Trinajstić information content (AvgIpc) is 2.18. The van der Waals surface area contributed by atoms with Gasteiger partial charge in [0.25, 0.3) is 0 Å². The average molecular weight is 187 g/mol. The molecule has 0 radical (unpaired) electrons. The number of rotatable bonds is 2. The molecule has 2 amide bonds. The van der Waals surface area contributed by atoms with Gasteiger partial charge in [0.1, 0.15) is 6.17 Å². The van der Waals surface area contributed by atoms with Gasteiger partial charge in [-0.05, 0) is 19.3 Å². The summed E-state index contributed by atoms with van der Waals surface area (Å²) >= 11 is 0. The SMILES string of the molecule is NOC(=O)N1CCCCC1NC=O. The zero-order chi connectivity index (χ0) is 9.68.